The van der Waals surface area contributed by atoms with Crippen LogP contribution in [0.3, 0.4) is 0 Å². The molecule has 2 N–H and O–H groups in total. The first-order valence-corrected chi connectivity index (χ1v) is 7.19. The zero-order valence-electron chi connectivity index (χ0n) is 12.3. The van der Waals surface area contributed by atoms with Crippen LogP contribution in [0, 0.1) is 6.92 Å². The SMILES string of the molecule is Cc1ccc(C(C)(C)C)c2oc(CN)c(C3CC3)c12. The molecule has 0 unspecified atom stereocenters. The Bertz CT molecular complexity index is 627. The molecule has 1 aliphatic rings. The molecule has 0 amide bonds. The molecule has 0 spiro atoms. The first-order chi connectivity index (χ1) is 8.93. The molecule has 2 heteroatoms. The first-order valence-electron chi connectivity index (χ1n) is 7.19. The second-order valence-corrected chi connectivity index (χ2v) is 6.80. The van der Waals surface area contributed by atoms with Crippen molar-refractivity contribution in [2.24, 2.45) is 5.73 Å². The van der Waals surface area contributed by atoms with Gasteiger partial charge in [0.2, 0.25) is 0 Å². The van der Waals surface area contributed by atoms with E-state index < -0.39 is 0 Å². The highest BCUT2D eigenvalue weighted by atomic mass is 16.3. The van der Waals surface area contributed by atoms with E-state index in [4.69, 9.17) is 10.2 Å². The molecular weight excluding hydrogens is 234 g/mol. The van der Waals surface area contributed by atoms with Gasteiger partial charge < -0.3 is 10.2 Å². The molecular formula is C17H23NO. The van der Waals surface area contributed by atoms with Gasteiger partial charge in [-0.05, 0) is 36.7 Å². The third kappa shape index (κ3) is 1.99. The Balaban J connectivity index is 2.36. The van der Waals surface area contributed by atoms with E-state index >= 15 is 0 Å². The molecule has 1 aromatic carbocycles. The van der Waals surface area contributed by atoms with Crippen LogP contribution in [0.15, 0.2) is 16.5 Å². The normalized spacial score (nSPS) is 16.3. The number of hydrogen-bond acceptors (Lipinski definition) is 2. The molecule has 3 rings (SSSR count). The molecule has 0 atom stereocenters. The molecule has 1 aliphatic carbocycles. The van der Waals surface area contributed by atoms with Gasteiger partial charge in [0, 0.05) is 16.5 Å². The fourth-order valence-electron chi connectivity index (χ4n) is 2.99. The number of fused-ring (bicyclic) bond motifs is 1. The van der Waals surface area contributed by atoms with Crippen molar-refractivity contribution in [1.82, 2.24) is 0 Å². The summed E-state index contributed by atoms with van der Waals surface area (Å²) < 4.78 is 6.16. The van der Waals surface area contributed by atoms with Crippen molar-refractivity contribution in [3.8, 4) is 0 Å². The van der Waals surface area contributed by atoms with Gasteiger partial charge in [-0.3, -0.25) is 0 Å². The lowest BCUT2D eigenvalue weighted by atomic mass is 9.84. The van der Waals surface area contributed by atoms with Gasteiger partial charge in [0.1, 0.15) is 11.3 Å². The topological polar surface area (TPSA) is 39.2 Å². The molecule has 0 radical (unpaired) electrons. The second kappa shape index (κ2) is 4.11. The van der Waals surface area contributed by atoms with Crippen molar-refractivity contribution in [3.05, 3.63) is 34.6 Å². The highest BCUT2D eigenvalue weighted by Crippen LogP contribution is 2.48. The van der Waals surface area contributed by atoms with Crippen molar-refractivity contribution < 1.29 is 4.42 Å². The summed E-state index contributed by atoms with van der Waals surface area (Å²) in [5.74, 6) is 1.67. The van der Waals surface area contributed by atoms with Crippen molar-refractivity contribution in [1.29, 1.82) is 0 Å². The van der Waals surface area contributed by atoms with E-state index in [2.05, 4.69) is 39.8 Å². The minimum Gasteiger partial charge on any atom is -0.459 e. The molecule has 0 bridgehead atoms. The number of hydrogen-bond donors (Lipinski definition) is 1. The highest BCUT2D eigenvalue weighted by Gasteiger charge is 2.32. The zero-order chi connectivity index (χ0) is 13.8. The quantitative estimate of drug-likeness (QED) is 0.867. The standard InChI is InChI=1S/C17H23NO/c1-10-5-8-12(17(2,3)4)16-14(10)15(11-6-7-11)13(9-18)19-16/h5,8,11H,6-7,9,18H2,1-4H3. The molecule has 2 nitrogen and oxygen atoms in total. The summed E-state index contributed by atoms with van der Waals surface area (Å²) in [6.07, 6.45) is 2.56. The van der Waals surface area contributed by atoms with Gasteiger partial charge >= 0.3 is 0 Å². The molecule has 0 aliphatic heterocycles. The highest BCUT2D eigenvalue weighted by molar-refractivity contribution is 5.89. The van der Waals surface area contributed by atoms with Crippen LogP contribution in [0.2, 0.25) is 0 Å². The Hall–Kier alpha value is -1.28. The zero-order valence-corrected chi connectivity index (χ0v) is 12.3. The van der Waals surface area contributed by atoms with Crippen molar-refractivity contribution in [2.75, 3.05) is 0 Å². The number of furan rings is 1. The van der Waals surface area contributed by atoms with Crippen LogP contribution in [0.4, 0.5) is 0 Å². The lowest BCUT2D eigenvalue weighted by Crippen LogP contribution is -2.11. The van der Waals surface area contributed by atoms with E-state index in [1.807, 2.05) is 0 Å². The van der Waals surface area contributed by atoms with E-state index in [0.29, 0.717) is 12.5 Å². The number of nitrogens with two attached hydrogens (primary N) is 1. The summed E-state index contributed by atoms with van der Waals surface area (Å²) in [6, 6.07) is 4.43. The van der Waals surface area contributed by atoms with Crippen LogP contribution in [0.25, 0.3) is 11.0 Å². The third-order valence-corrected chi connectivity index (χ3v) is 4.14. The fourth-order valence-corrected chi connectivity index (χ4v) is 2.99. The molecule has 1 fully saturated rings. The summed E-state index contributed by atoms with van der Waals surface area (Å²) >= 11 is 0. The molecule has 1 aromatic heterocycles. The summed E-state index contributed by atoms with van der Waals surface area (Å²) in [7, 11) is 0. The maximum atomic E-state index is 6.16. The maximum Gasteiger partial charge on any atom is 0.138 e. The van der Waals surface area contributed by atoms with E-state index in [9.17, 15) is 0 Å². The van der Waals surface area contributed by atoms with Crippen LogP contribution in [-0.2, 0) is 12.0 Å². The minimum atomic E-state index is 0.0937. The van der Waals surface area contributed by atoms with Crippen LogP contribution in [0.5, 0.6) is 0 Å². The summed E-state index contributed by atoms with van der Waals surface area (Å²) in [4.78, 5) is 0. The summed E-state index contributed by atoms with van der Waals surface area (Å²) in [6.45, 7) is 9.38. The maximum absolute atomic E-state index is 6.16. The summed E-state index contributed by atoms with van der Waals surface area (Å²) in [5.41, 5.74) is 11.0. The van der Waals surface area contributed by atoms with Gasteiger partial charge in [-0.15, -0.1) is 0 Å². The lowest BCUT2D eigenvalue weighted by molar-refractivity contribution is 0.523. The summed E-state index contributed by atoms with van der Waals surface area (Å²) in [5, 5.41) is 1.33. The Kier molecular flexibility index (Phi) is 2.75. The van der Waals surface area contributed by atoms with Crippen LogP contribution < -0.4 is 5.73 Å². The van der Waals surface area contributed by atoms with Crippen molar-refractivity contribution in [2.45, 2.75) is 58.4 Å². The Morgan fingerprint density at radius 2 is 1.95 bits per heavy atom. The molecule has 1 saturated carbocycles. The van der Waals surface area contributed by atoms with Gasteiger partial charge in [0.15, 0.2) is 0 Å². The largest absolute Gasteiger partial charge is 0.459 e. The van der Waals surface area contributed by atoms with Gasteiger partial charge in [0.05, 0.1) is 6.54 Å². The molecule has 102 valence electrons. The van der Waals surface area contributed by atoms with Crippen molar-refractivity contribution in [3.63, 3.8) is 0 Å². The number of aryl methyl sites for hydroxylation is 1. The van der Waals surface area contributed by atoms with Gasteiger partial charge in [-0.2, -0.15) is 0 Å². The Labute approximate surface area is 115 Å². The second-order valence-electron chi connectivity index (χ2n) is 6.80. The number of benzene rings is 1. The van der Waals surface area contributed by atoms with E-state index in [0.717, 1.165) is 11.3 Å². The van der Waals surface area contributed by atoms with Crippen LogP contribution in [-0.4, -0.2) is 0 Å². The Morgan fingerprint density at radius 1 is 1.26 bits per heavy atom. The van der Waals surface area contributed by atoms with Crippen LogP contribution >= 0.6 is 0 Å². The molecule has 19 heavy (non-hydrogen) atoms. The third-order valence-electron chi connectivity index (χ3n) is 4.14. The number of rotatable bonds is 2. The van der Waals surface area contributed by atoms with Gasteiger partial charge in [-0.1, -0.05) is 32.9 Å². The first kappa shape index (κ1) is 12.7. The van der Waals surface area contributed by atoms with Gasteiger partial charge in [-0.25, -0.2) is 0 Å². The van der Waals surface area contributed by atoms with E-state index in [-0.39, 0.29) is 5.41 Å². The van der Waals surface area contributed by atoms with E-state index in [1.54, 1.807) is 0 Å². The Morgan fingerprint density at radius 3 is 2.47 bits per heavy atom. The molecule has 2 aromatic rings. The lowest BCUT2D eigenvalue weighted by Gasteiger charge is -2.19. The molecule has 1 heterocycles. The minimum absolute atomic E-state index is 0.0937. The molecule has 0 saturated heterocycles. The van der Waals surface area contributed by atoms with Crippen molar-refractivity contribution >= 4 is 11.0 Å². The van der Waals surface area contributed by atoms with Gasteiger partial charge in [0.25, 0.3) is 0 Å². The monoisotopic (exact) mass is 257 g/mol. The van der Waals surface area contributed by atoms with E-state index in [1.165, 1.54) is 34.9 Å². The average molecular weight is 257 g/mol. The average Bonchev–Trinajstić information content (AvgIpc) is 3.08. The van der Waals surface area contributed by atoms with Crippen LogP contribution in [0.1, 0.15) is 62.0 Å². The predicted molar refractivity (Wildman–Crippen MR) is 79.5 cm³/mol. The predicted octanol–water partition coefficient (Wildman–Crippen LogP) is 4.37. The fraction of sp³-hybridized carbons (Fsp3) is 0.529. The smallest absolute Gasteiger partial charge is 0.138 e.